The Bertz CT molecular complexity index is 571. The molecule has 3 heteroatoms. The normalized spacial score (nSPS) is 11.4. The number of pyridine rings is 1. The average Bonchev–Trinajstić information content (AvgIpc) is 2.46. The number of nitrogens with one attached hydrogen (secondary N) is 1. The van der Waals surface area contributed by atoms with Crippen LogP contribution in [0.25, 0.3) is 0 Å². The Hall–Kier alpha value is -1.87. The third-order valence-electron chi connectivity index (χ3n) is 3.24. The van der Waals surface area contributed by atoms with Gasteiger partial charge in [-0.15, -0.1) is 0 Å². The van der Waals surface area contributed by atoms with E-state index in [-0.39, 0.29) is 5.54 Å². The topological polar surface area (TPSA) is 34.1 Å². The SMILES string of the molecule is CCc1ccc(Oc2cnccc2CNC(C)(C)C)cc1. The molecule has 112 valence electrons. The lowest BCUT2D eigenvalue weighted by atomic mass is 10.1. The average molecular weight is 284 g/mol. The van der Waals surface area contributed by atoms with E-state index in [1.54, 1.807) is 12.4 Å². The summed E-state index contributed by atoms with van der Waals surface area (Å²) in [5, 5.41) is 3.47. The maximum absolute atomic E-state index is 5.97. The summed E-state index contributed by atoms with van der Waals surface area (Å²) in [7, 11) is 0. The van der Waals surface area contributed by atoms with Crippen molar-refractivity contribution in [3.05, 3.63) is 53.9 Å². The number of rotatable bonds is 5. The summed E-state index contributed by atoms with van der Waals surface area (Å²) in [6, 6.07) is 10.2. The van der Waals surface area contributed by atoms with Gasteiger partial charge < -0.3 is 10.1 Å². The Morgan fingerprint density at radius 1 is 1.10 bits per heavy atom. The van der Waals surface area contributed by atoms with Crippen LogP contribution >= 0.6 is 0 Å². The van der Waals surface area contributed by atoms with Crippen molar-refractivity contribution in [2.24, 2.45) is 0 Å². The highest BCUT2D eigenvalue weighted by molar-refractivity contribution is 5.36. The molecule has 1 aromatic heterocycles. The predicted octanol–water partition coefficient (Wildman–Crippen LogP) is 4.32. The third-order valence-corrected chi connectivity index (χ3v) is 3.24. The van der Waals surface area contributed by atoms with Gasteiger partial charge in [0.05, 0.1) is 6.20 Å². The molecular formula is C18H24N2O. The highest BCUT2D eigenvalue weighted by Crippen LogP contribution is 2.25. The largest absolute Gasteiger partial charge is 0.455 e. The first kappa shape index (κ1) is 15.5. The van der Waals surface area contributed by atoms with Gasteiger partial charge in [-0.25, -0.2) is 0 Å². The lowest BCUT2D eigenvalue weighted by molar-refractivity contribution is 0.413. The van der Waals surface area contributed by atoms with Crippen LogP contribution in [-0.4, -0.2) is 10.5 Å². The van der Waals surface area contributed by atoms with Gasteiger partial charge in [0.1, 0.15) is 11.5 Å². The smallest absolute Gasteiger partial charge is 0.150 e. The third kappa shape index (κ3) is 4.87. The maximum atomic E-state index is 5.97. The molecule has 0 unspecified atom stereocenters. The molecule has 0 atom stereocenters. The van der Waals surface area contributed by atoms with Crippen molar-refractivity contribution in [3.8, 4) is 11.5 Å². The first-order chi connectivity index (χ1) is 9.98. The van der Waals surface area contributed by atoms with Crippen LogP contribution in [0, 0.1) is 0 Å². The van der Waals surface area contributed by atoms with Crippen LogP contribution in [-0.2, 0) is 13.0 Å². The van der Waals surface area contributed by atoms with Gasteiger partial charge in [-0.2, -0.15) is 0 Å². The summed E-state index contributed by atoms with van der Waals surface area (Å²) in [5.41, 5.74) is 2.49. The molecule has 21 heavy (non-hydrogen) atoms. The number of aromatic nitrogens is 1. The van der Waals surface area contributed by atoms with Gasteiger partial charge >= 0.3 is 0 Å². The number of ether oxygens (including phenoxy) is 1. The lowest BCUT2D eigenvalue weighted by Gasteiger charge is -2.21. The fourth-order valence-electron chi connectivity index (χ4n) is 1.93. The Kier molecular flexibility index (Phi) is 4.97. The molecule has 2 rings (SSSR count). The summed E-state index contributed by atoms with van der Waals surface area (Å²) in [6.45, 7) is 9.36. The van der Waals surface area contributed by atoms with E-state index in [0.717, 1.165) is 30.0 Å². The van der Waals surface area contributed by atoms with Crippen molar-refractivity contribution in [1.29, 1.82) is 0 Å². The Morgan fingerprint density at radius 2 is 1.81 bits per heavy atom. The molecule has 0 saturated heterocycles. The van der Waals surface area contributed by atoms with Gasteiger partial charge in [-0.05, 0) is 51.0 Å². The van der Waals surface area contributed by atoms with E-state index in [9.17, 15) is 0 Å². The van der Waals surface area contributed by atoms with Gasteiger partial charge in [0.25, 0.3) is 0 Å². The van der Waals surface area contributed by atoms with Gasteiger partial charge in [0, 0.05) is 23.8 Å². The number of nitrogens with zero attached hydrogens (tertiary/aromatic N) is 1. The Morgan fingerprint density at radius 3 is 2.43 bits per heavy atom. The highest BCUT2D eigenvalue weighted by Gasteiger charge is 2.11. The van der Waals surface area contributed by atoms with Crippen LogP contribution < -0.4 is 10.1 Å². The second kappa shape index (κ2) is 6.72. The van der Waals surface area contributed by atoms with Crippen LogP contribution in [0.1, 0.15) is 38.8 Å². The number of hydrogen-bond donors (Lipinski definition) is 1. The molecule has 0 bridgehead atoms. The fraction of sp³-hybridized carbons (Fsp3) is 0.389. The lowest BCUT2D eigenvalue weighted by Crippen LogP contribution is -2.35. The maximum Gasteiger partial charge on any atom is 0.150 e. The first-order valence-electron chi connectivity index (χ1n) is 7.42. The minimum absolute atomic E-state index is 0.0727. The molecule has 0 radical (unpaired) electrons. The molecule has 2 aromatic rings. The van der Waals surface area contributed by atoms with Crippen molar-refractivity contribution in [1.82, 2.24) is 10.3 Å². The van der Waals surface area contributed by atoms with Crippen molar-refractivity contribution in [3.63, 3.8) is 0 Å². The Balaban J connectivity index is 2.11. The van der Waals surface area contributed by atoms with E-state index in [1.807, 2.05) is 18.2 Å². The molecule has 0 aliphatic rings. The van der Waals surface area contributed by atoms with Crippen molar-refractivity contribution in [2.75, 3.05) is 0 Å². The zero-order chi connectivity index (χ0) is 15.3. The van der Waals surface area contributed by atoms with E-state index in [0.29, 0.717) is 0 Å². The van der Waals surface area contributed by atoms with Gasteiger partial charge in [0.2, 0.25) is 0 Å². The Labute approximate surface area is 127 Å². The monoisotopic (exact) mass is 284 g/mol. The summed E-state index contributed by atoms with van der Waals surface area (Å²) < 4.78 is 5.97. The summed E-state index contributed by atoms with van der Waals surface area (Å²) in [4.78, 5) is 4.17. The molecule has 1 heterocycles. The number of aryl methyl sites for hydroxylation is 1. The first-order valence-corrected chi connectivity index (χ1v) is 7.42. The molecular weight excluding hydrogens is 260 g/mol. The zero-order valence-corrected chi connectivity index (χ0v) is 13.3. The summed E-state index contributed by atoms with van der Waals surface area (Å²) >= 11 is 0. The molecule has 1 N–H and O–H groups in total. The van der Waals surface area contributed by atoms with E-state index < -0.39 is 0 Å². The molecule has 0 spiro atoms. The second-order valence-corrected chi connectivity index (χ2v) is 6.19. The molecule has 1 aromatic carbocycles. The molecule has 0 aliphatic heterocycles. The summed E-state index contributed by atoms with van der Waals surface area (Å²) in [6.07, 6.45) is 4.61. The van der Waals surface area contributed by atoms with Crippen LogP contribution in [0.4, 0.5) is 0 Å². The van der Waals surface area contributed by atoms with Crippen LogP contribution in [0.5, 0.6) is 11.5 Å². The van der Waals surface area contributed by atoms with Gasteiger partial charge in [0.15, 0.2) is 0 Å². The fourth-order valence-corrected chi connectivity index (χ4v) is 1.93. The van der Waals surface area contributed by atoms with Gasteiger partial charge in [-0.3, -0.25) is 4.98 Å². The van der Waals surface area contributed by atoms with Crippen LogP contribution in [0.15, 0.2) is 42.7 Å². The second-order valence-electron chi connectivity index (χ2n) is 6.19. The van der Waals surface area contributed by atoms with Crippen molar-refractivity contribution in [2.45, 2.75) is 46.2 Å². The van der Waals surface area contributed by atoms with Gasteiger partial charge in [-0.1, -0.05) is 19.1 Å². The predicted molar refractivity (Wildman–Crippen MR) is 86.7 cm³/mol. The van der Waals surface area contributed by atoms with Crippen molar-refractivity contribution < 1.29 is 4.74 Å². The molecule has 0 saturated carbocycles. The summed E-state index contributed by atoms with van der Waals surface area (Å²) in [5.74, 6) is 1.65. The van der Waals surface area contributed by atoms with E-state index >= 15 is 0 Å². The number of hydrogen-bond acceptors (Lipinski definition) is 3. The minimum Gasteiger partial charge on any atom is -0.455 e. The molecule has 0 aliphatic carbocycles. The van der Waals surface area contributed by atoms with E-state index in [1.165, 1.54) is 5.56 Å². The molecule has 3 nitrogen and oxygen atoms in total. The van der Waals surface area contributed by atoms with Crippen LogP contribution in [0.3, 0.4) is 0 Å². The minimum atomic E-state index is 0.0727. The van der Waals surface area contributed by atoms with Crippen molar-refractivity contribution >= 4 is 0 Å². The van der Waals surface area contributed by atoms with E-state index in [4.69, 9.17) is 4.74 Å². The van der Waals surface area contributed by atoms with Crippen LogP contribution in [0.2, 0.25) is 0 Å². The highest BCUT2D eigenvalue weighted by atomic mass is 16.5. The zero-order valence-electron chi connectivity index (χ0n) is 13.3. The quantitative estimate of drug-likeness (QED) is 0.887. The van der Waals surface area contributed by atoms with E-state index in [2.05, 4.69) is 50.1 Å². The molecule has 0 amide bonds. The standard InChI is InChI=1S/C18H24N2O/c1-5-14-6-8-16(9-7-14)21-17-13-19-11-10-15(17)12-20-18(2,3)4/h6-11,13,20H,5,12H2,1-4H3. The molecule has 0 fully saturated rings. The number of benzene rings is 1.